The third-order valence-electron chi connectivity index (χ3n) is 3.22. The number of hydrogen-bond acceptors (Lipinski definition) is 5. The Morgan fingerprint density at radius 3 is 2.81 bits per heavy atom. The Morgan fingerprint density at radius 1 is 1.52 bits per heavy atom. The summed E-state index contributed by atoms with van der Waals surface area (Å²) >= 11 is 0. The number of non-ortho nitro benzene ring substituents is 1. The van der Waals surface area contributed by atoms with E-state index >= 15 is 0 Å². The highest BCUT2D eigenvalue weighted by Crippen LogP contribution is 2.32. The average molecular weight is 292 g/mol. The van der Waals surface area contributed by atoms with Crippen LogP contribution in [0.1, 0.15) is 26.7 Å². The Balaban J connectivity index is 1.98. The molecular formula is C14H16N2O5. The standard InChI is InChI=1S/C14H16N2O5/c1-14(2)8-9(13(18)21-14)6-12(17)15-10-4-3-5-11(7-10)16(19)20/h3-5,7,9H,6,8H2,1-2H3,(H,15,17)/t9-/m0/s1. The molecule has 1 aliphatic rings. The van der Waals surface area contributed by atoms with Crippen molar-refractivity contribution in [1.29, 1.82) is 0 Å². The van der Waals surface area contributed by atoms with Crippen molar-refractivity contribution in [3.63, 3.8) is 0 Å². The molecule has 0 radical (unpaired) electrons. The second-order valence-electron chi connectivity index (χ2n) is 5.64. The van der Waals surface area contributed by atoms with Gasteiger partial charge in [0, 0.05) is 30.7 Å². The molecule has 7 nitrogen and oxygen atoms in total. The molecule has 1 heterocycles. The van der Waals surface area contributed by atoms with Crippen LogP contribution in [0, 0.1) is 16.0 Å². The number of carbonyl (C=O) groups is 2. The number of cyclic esters (lactones) is 1. The van der Waals surface area contributed by atoms with Crippen LogP contribution in [0.5, 0.6) is 0 Å². The minimum atomic E-state index is -0.548. The van der Waals surface area contributed by atoms with E-state index in [2.05, 4.69) is 5.32 Å². The summed E-state index contributed by atoms with van der Waals surface area (Å²) in [5, 5.41) is 13.2. The molecule has 1 fully saturated rings. The van der Waals surface area contributed by atoms with E-state index in [9.17, 15) is 19.7 Å². The van der Waals surface area contributed by atoms with Crippen molar-refractivity contribution in [3.05, 3.63) is 34.4 Å². The zero-order chi connectivity index (χ0) is 15.6. The summed E-state index contributed by atoms with van der Waals surface area (Å²) in [6.07, 6.45) is 0.485. The molecule has 0 bridgehead atoms. The number of nitro benzene ring substituents is 1. The van der Waals surface area contributed by atoms with Gasteiger partial charge in [-0.25, -0.2) is 0 Å². The molecule has 1 amide bonds. The zero-order valence-corrected chi connectivity index (χ0v) is 11.8. The SMILES string of the molecule is CC1(C)C[C@H](CC(=O)Nc2cccc([N+](=O)[O-])c2)C(=O)O1. The molecule has 1 N–H and O–H groups in total. The van der Waals surface area contributed by atoms with Crippen molar-refractivity contribution >= 4 is 23.3 Å². The fourth-order valence-electron chi connectivity index (χ4n) is 2.36. The van der Waals surface area contributed by atoms with Crippen molar-refractivity contribution in [3.8, 4) is 0 Å². The van der Waals surface area contributed by atoms with Gasteiger partial charge >= 0.3 is 5.97 Å². The highest BCUT2D eigenvalue weighted by Gasteiger charge is 2.40. The first-order valence-electron chi connectivity index (χ1n) is 6.54. The minimum Gasteiger partial charge on any atom is -0.459 e. The first-order valence-corrected chi connectivity index (χ1v) is 6.54. The van der Waals surface area contributed by atoms with Gasteiger partial charge in [-0.15, -0.1) is 0 Å². The van der Waals surface area contributed by atoms with Gasteiger partial charge in [0.1, 0.15) is 5.60 Å². The lowest BCUT2D eigenvalue weighted by Gasteiger charge is -2.14. The van der Waals surface area contributed by atoms with E-state index in [0.29, 0.717) is 12.1 Å². The molecule has 21 heavy (non-hydrogen) atoms. The molecule has 1 aromatic rings. The summed E-state index contributed by atoms with van der Waals surface area (Å²) in [5.74, 6) is -1.22. The van der Waals surface area contributed by atoms with Crippen LogP contribution >= 0.6 is 0 Å². The number of carbonyl (C=O) groups excluding carboxylic acids is 2. The summed E-state index contributed by atoms with van der Waals surface area (Å²) in [6.45, 7) is 3.59. The predicted molar refractivity (Wildman–Crippen MR) is 74.6 cm³/mol. The maximum Gasteiger partial charge on any atom is 0.310 e. The molecule has 112 valence electrons. The van der Waals surface area contributed by atoms with Crippen LogP contribution in [0.3, 0.4) is 0 Å². The highest BCUT2D eigenvalue weighted by atomic mass is 16.6. The number of hydrogen-bond donors (Lipinski definition) is 1. The Morgan fingerprint density at radius 2 is 2.24 bits per heavy atom. The molecule has 1 aromatic carbocycles. The van der Waals surface area contributed by atoms with Crippen LogP contribution in [0.4, 0.5) is 11.4 Å². The first kappa shape index (κ1) is 15.0. The maximum absolute atomic E-state index is 11.9. The summed E-state index contributed by atoms with van der Waals surface area (Å²) < 4.78 is 5.15. The van der Waals surface area contributed by atoms with Gasteiger partial charge in [-0.1, -0.05) is 6.07 Å². The van der Waals surface area contributed by atoms with E-state index in [1.165, 1.54) is 18.2 Å². The summed E-state index contributed by atoms with van der Waals surface area (Å²) in [4.78, 5) is 33.7. The third-order valence-corrected chi connectivity index (χ3v) is 3.22. The fourth-order valence-corrected chi connectivity index (χ4v) is 2.36. The molecule has 0 spiro atoms. The van der Waals surface area contributed by atoms with Gasteiger partial charge in [0.2, 0.25) is 5.91 Å². The first-order chi connectivity index (χ1) is 9.77. The van der Waals surface area contributed by atoms with Crippen molar-refractivity contribution in [1.82, 2.24) is 0 Å². The molecule has 0 aliphatic carbocycles. The minimum absolute atomic E-state index is 0.00492. The van der Waals surface area contributed by atoms with Crippen molar-refractivity contribution in [2.24, 2.45) is 5.92 Å². The maximum atomic E-state index is 11.9. The van der Waals surface area contributed by atoms with Crippen molar-refractivity contribution in [2.45, 2.75) is 32.3 Å². The van der Waals surface area contributed by atoms with Crippen LogP contribution in [0.2, 0.25) is 0 Å². The number of ether oxygens (including phenoxy) is 1. The van der Waals surface area contributed by atoms with E-state index in [-0.39, 0.29) is 24.0 Å². The van der Waals surface area contributed by atoms with Gasteiger partial charge in [0.15, 0.2) is 0 Å². The second-order valence-corrected chi connectivity index (χ2v) is 5.64. The lowest BCUT2D eigenvalue weighted by Crippen LogP contribution is -2.19. The van der Waals surface area contributed by atoms with Crippen LogP contribution in [-0.2, 0) is 14.3 Å². The number of benzene rings is 1. The van der Waals surface area contributed by atoms with Gasteiger partial charge in [0.25, 0.3) is 5.69 Å². The van der Waals surface area contributed by atoms with Crippen LogP contribution < -0.4 is 5.32 Å². The number of rotatable bonds is 4. The quantitative estimate of drug-likeness (QED) is 0.521. The zero-order valence-electron chi connectivity index (χ0n) is 11.8. The molecule has 0 unspecified atom stereocenters. The van der Waals surface area contributed by atoms with E-state index in [4.69, 9.17) is 4.74 Å². The molecule has 1 aliphatic heterocycles. The van der Waals surface area contributed by atoms with Gasteiger partial charge in [-0.3, -0.25) is 19.7 Å². The lowest BCUT2D eigenvalue weighted by molar-refractivity contribution is -0.384. The Kier molecular flexibility index (Phi) is 3.93. The van der Waals surface area contributed by atoms with Crippen LogP contribution in [0.15, 0.2) is 24.3 Å². The van der Waals surface area contributed by atoms with Gasteiger partial charge in [-0.2, -0.15) is 0 Å². The van der Waals surface area contributed by atoms with E-state index in [1.54, 1.807) is 19.9 Å². The van der Waals surface area contributed by atoms with E-state index < -0.39 is 16.4 Å². The van der Waals surface area contributed by atoms with Crippen molar-refractivity contribution in [2.75, 3.05) is 5.32 Å². The number of nitrogens with one attached hydrogen (secondary N) is 1. The third kappa shape index (κ3) is 3.77. The predicted octanol–water partition coefficient (Wildman–Crippen LogP) is 2.27. The smallest absolute Gasteiger partial charge is 0.310 e. The Hall–Kier alpha value is -2.44. The monoisotopic (exact) mass is 292 g/mol. The number of nitro groups is 1. The Labute approximate surface area is 121 Å². The molecular weight excluding hydrogens is 276 g/mol. The van der Waals surface area contributed by atoms with Gasteiger partial charge < -0.3 is 10.1 Å². The fraction of sp³-hybridized carbons (Fsp3) is 0.429. The molecule has 1 saturated heterocycles. The van der Waals surface area contributed by atoms with Gasteiger partial charge in [0.05, 0.1) is 10.8 Å². The Bertz CT molecular complexity index is 597. The molecule has 7 heteroatoms. The average Bonchev–Trinajstić information content (AvgIpc) is 2.62. The molecule has 0 saturated carbocycles. The van der Waals surface area contributed by atoms with E-state index in [0.717, 1.165) is 0 Å². The largest absolute Gasteiger partial charge is 0.459 e. The number of amides is 1. The van der Waals surface area contributed by atoms with Gasteiger partial charge in [-0.05, 0) is 19.9 Å². The molecule has 2 rings (SSSR count). The summed E-state index contributed by atoms with van der Waals surface area (Å²) in [6, 6.07) is 5.66. The van der Waals surface area contributed by atoms with Crippen LogP contribution in [0.25, 0.3) is 0 Å². The highest BCUT2D eigenvalue weighted by molar-refractivity contribution is 5.93. The number of esters is 1. The molecule has 0 aromatic heterocycles. The molecule has 1 atom stereocenters. The topological polar surface area (TPSA) is 98.5 Å². The number of anilines is 1. The van der Waals surface area contributed by atoms with Crippen molar-refractivity contribution < 1.29 is 19.2 Å². The number of nitrogens with zero attached hydrogens (tertiary/aromatic N) is 1. The summed E-state index contributed by atoms with van der Waals surface area (Å²) in [5.41, 5.74) is -0.317. The lowest BCUT2D eigenvalue weighted by atomic mass is 9.94. The van der Waals surface area contributed by atoms with E-state index in [1.807, 2.05) is 0 Å². The second kappa shape index (κ2) is 5.51. The summed E-state index contributed by atoms with van der Waals surface area (Å²) in [7, 11) is 0. The normalized spacial score (nSPS) is 19.9. The van der Waals surface area contributed by atoms with Crippen LogP contribution in [-0.4, -0.2) is 22.4 Å².